The van der Waals surface area contributed by atoms with E-state index >= 15 is 0 Å². The zero-order valence-electron chi connectivity index (χ0n) is 11.7. The summed E-state index contributed by atoms with van der Waals surface area (Å²) in [4.78, 5) is 23.2. The molecule has 0 saturated carbocycles. The van der Waals surface area contributed by atoms with E-state index in [9.17, 15) is 14.9 Å². The molecule has 21 heavy (non-hydrogen) atoms. The summed E-state index contributed by atoms with van der Waals surface area (Å²) in [5.74, 6) is -1.13. The number of anilines is 1. The number of aliphatic carboxylic acids is 1. The third kappa shape index (κ3) is 3.68. The highest BCUT2D eigenvalue weighted by Crippen LogP contribution is 2.27. The maximum Gasteiger partial charge on any atom is 0.328 e. The Kier molecular flexibility index (Phi) is 4.37. The smallest absolute Gasteiger partial charge is 0.328 e. The lowest BCUT2D eigenvalue weighted by molar-refractivity contribution is -0.385. The molecule has 0 amide bonds. The van der Waals surface area contributed by atoms with Crippen molar-refractivity contribution >= 4 is 23.4 Å². The Morgan fingerprint density at radius 3 is 2.81 bits per heavy atom. The second-order valence-electron chi connectivity index (χ2n) is 4.92. The Morgan fingerprint density at radius 2 is 2.24 bits per heavy atom. The topological polar surface area (TPSA) is 83.7 Å². The Bertz CT molecular complexity index is 635. The monoisotopic (exact) mass is 288 g/mol. The van der Waals surface area contributed by atoms with Crippen LogP contribution in [0.2, 0.25) is 0 Å². The molecule has 6 heteroatoms. The van der Waals surface area contributed by atoms with E-state index in [4.69, 9.17) is 5.11 Å². The van der Waals surface area contributed by atoms with Gasteiger partial charge in [-0.05, 0) is 31.6 Å². The number of benzene rings is 1. The fourth-order valence-corrected chi connectivity index (χ4v) is 2.20. The minimum absolute atomic E-state index is 0.0972. The molecular formula is C15H16N2O4. The van der Waals surface area contributed by atoms with Crippen LogP contribution in [0.15, 0.2) is 35.9 Å². The van der Waals surface area contributed by atoms with Crippen molar-refractivity contribution in [3.05, 3.63) is 51.6 Å². The first-order valence-corrected chi connectivity index (χ1v) is 6.57. The van der Waals surface area contributed by atoms with Gasteiger partial charge in [0.25, 0.3) is 5.69 Å². The molecule has 1 N–H and O–H groups in total. The Balaban J connectivity index is 2.35. The van der Waals surface area contributed by atoms with E-state index in [0.29, 0.717) is 5.56 Å². The first-order chi connectivity index (χ1) is 9.97. The van der Waals surface area contributed by atoms with Gasteiger partial charge in [0.05, 0.1) is 10.5 Å². The predicted molar refractivity (Wildman–Crippen MR) is 80.4 cm³/mol. The molecule has 0 atom stereocenters. The van der Waals surface area contributed by atoms with Crippen LogP contribution in [0.3, 0.4) is 0 Å². The molecule has 1 aliphatic heterocycles. The zero-order valence-corrected chi connectivity index (χ0v) is 11.7. The van der Waals surface area contributed by atoms with E-state index < -0.39 is 10.9 Å². The second-order valence-corrected chi connectivity index (χ2v) is 4.92. The summed E-state index contributed by atoms with van der Waals surface area (Å²) < 4.78 is 0. The number of carbonyl (C=O) groups is 1. The molecule has 110 valence electrons. The van der Waals surface area contributed by atoms with Gasteiger partial charge in [0.2, 0.25) is 0 Å². The highest BCUT2D eigenvalue weighted by molar-refractivity contribution is 5.86. The number of nitro groups is 1. The fraction of sp³-hybridized carbons (Fsp3) is 0.267. The molecule has 0 spiro atoms. The average molecular weight is 288 g/mol. The largest absolute Gasteiger partial charge is 0.478 e. The van der Waals surface area contributed by atoms with Crippen molar-refractivity contribution in [3.63, 3.8) is 0 Å². The molecule has 0 aliphatic carbocycles. The molecule has 2 rings (SSSR count). The summed E-state index contributed by atoms with van der Waals surface area (Å²) >= 11 is 0. The van der Waals surface area contributed by atoms with Crippen molar-refractivity contribution in [2.45, 2.75) is 13.3 Å². The minimum atomic E-state index is -1.13. The third-order valence-corrected chi connectivity index (χ3v) is 3.41. The average Bonchev–Trinajstić information content (AvgIpc) is 2.45. The minimum Gasteiger partial charge on any atom is -0.478 e. The number of rotatable bonds is 4. The van der Waals surface area contributed by atoms with Crippen molar-refractivity contribution < 1.29 is 14.8 Å². The molecule has 1 aliphatic rings. The van der Waals surface area contributed by atoms with Crippen LogP contribution in [0.4, 0.5) is 11.4 Å². The van der Waals surface area contributed by atoms with E-state index in [1.54, 1.807) is 12.1 Å². The maximum atomic E-state index is 11.0. The van der Waals surface area contributed by atoms with Gasteiger partial charge in [-0.2, -0.15) is 0 Å². The Labute approximate surface area is 122 Å². The molecule has 1 aromatic rings. The number of carboxylic acids is 1. The van der Waals surface area contributed by atoms with Gasteiger partial charge >= 0.3 is 5.97 Å². The van der Waals surface area contributed by atoms with Crippen LogP contribution in [0.5, 0.6) is 0 Å². The van der Waals surface area contributed by atoms with E-state index in [-0.39, 0.29) is 5.69 Å². The van der Waals surface area contributed by atoms with E-state index in [1.807, 2.05) is 0 Å². The fourth-order valence-electron chi connectivity index (χ4n) is 2.20. The molecule has 6 nitrogen and oxygen atoms in total. The normalized spacial score (nSPS) is 15.1. The zero-order chi connectivity index (χ0) is 15.4. The van der Waals surface area contributed by atoms with Gasteiger partial charge in [-0.1, -0.05) is 11.6 Å². The van der Waals surface area contributed by atoms with Crippen LogP contribution >= 0.6 is 0 Å². The van der Waals surface area contributed by atoms with Gasteiger partial charge in [-0.25, -0.2) is 4.79 Å². The van der Waals surface area contributed by atoms with Gasteiger partial charge in [-0.15, -0.1) is 0 Å². The summed E-state index contributed by atoms with van der Waals surface area (Å²) in [6.45, 7) is 3.68. The van der Waals surface area contributed by atoms with Gasteiger partial charge < -0.3 is 10.0 Å². The van der Waals surface area contributed by atoms with Crippen LogP contribution in [0.1, 0.15) is 18.9 Å². The second kappa shape index (κ2) is 6.21. The number of nitrogens with zero attached hydrogens (tertiary/aromatic N) is 2. The van der Waals surface area contributed by atoms with Crippen LogP contribution < -0.4 is 4.90 Å². The number of hydrogen-bond acceptors (Lipinski definition) is 4. The summed E-state index contributed by atoms with van der Waals surface area (Å²) in [5, 5.41) is 19.7. The first kappa shape index (κ1) is 14.8. The molecule has 0 bridgehead atoms. The SMILES string of the molecule is CC1=CCN(c2ccc([N+](=O)[O-])c(/C=C/C(=O)O)c2)CC1. The number of nitro benzene ring substituents is 1. The lowest BCUT2D eigenvalue weighted by Gasteiger charge is -2.27. The lowest BCUT2D eigenvalue weighted by atomic mass is 10.1. The van der Waals surface area contributed by atoms with Crippen molar-refractivity contribution in [1.29, 1.82) is 0 Å². The Hall–Kier alpha value is -2.63. The van der Waals surface area contributed by atoms with Gasteiger partial charge in [-0.3, -0.25) is 10.1 Å². The molecule has 0 saturated heterocycles. The van der Waals surface area contributed by atoms with E-state index in [1.165, 1.54) is 17.7 Å². The highest BCUT2D eigenvalue weighted by atomic mass is 16.6. The predicted octanol–water partition coefficient (Wildman–Crippen LogP) is 2.85. The van der Waals surface area contributed by atoms with Gasteiger partial charge in [0, 0.05) is 30.9 Å². The summed E-state index contributed by atoms with van der Waals surface area (Å²) in [6, 6.07) is 4.78. The lowest BCUT2D eigenvalue weighted by Crippen LogP contribution is -2.28. The van der Waals surface area contributed by atoms with E-state index in [0.717, 1.165) is 31.3 Å². The quantitative estimate of drug-likeness (QED) is 0.398. The number of hydrogen-bond donors (Lipinski definition) is 1. The van der Waals surface area contributed by atoms with Crippen LogP contribution in [0.25, 0.3) is 6.08 Å². The first-order valence-electron chi connectivity index (χ1n) is 6.57. The summed E-state index contributed by atoms with van der Waals surface area (Å²) in [5.41, 5.74) is 2.39. The molecule has 0 aromatic heterocycles. The van der Waals surface area contributed by atoms with Crippen molar-refractivity contribution in [1.82, 2.24) is 0 Å². The molecule has 0 fully saturated rings. The van der Waals surface area contributed by atoms with Crippen LogP contribution in [-0.4, -0.2) is 29.1 Å². The highest BCUT2D eigenvalue weighted by Gasteiger charge is 2.16. The van der Waals surface area contributed by atoms with Crippen molar-refractivity contribution in [3.8, 4) is 0 Å². The third-order valence-electron chi connectivity index (χ3n) is 3.41. The summed E-state index contributed by atoms with van der Waals surface area (Å²) in [6.07, 6.45) is 5.25. The van der Waals surface area contributed by atoms with E-state index in [2.05, 4.69) is 17.9 Å². The van der Waals surface area contributed by atoms with Crippen molar-refractivity contribution in [2.75, 3.05) is 18.0 Å². The molecule has 0 radical (unpaired) electrons. The molecular weight excluding hydrogens is 272 g/mol. The van der Waals surface area contributed by atoms with Gasteiger partial charge in [0.15, 0.2) is 0 Å². The summed E-state index contributed by atoms with van der Waals surface area (Å²) in [7, 11) is 0. The standard InChI is InChI=1S/C15H16N2O4/c1-11-6-8-16(9-7-11)13-3-4-14(17(20)21)12(10-13)2-5-15(18)19/h2-6,10H,7-9H2,1H3,(H,18,19)/b5-2+. The van der Waals surface area contributed by atoms with Crippen LogP contribution in [0, 0.1) is 10.1 Å². The molecule has 0 unspecified atom stereocenters. The Morgan fingerprint density at radius 1 is 1.48 bits per heavy atom. The number of carboxylic acid groups (broad SMARTS) is 1. The molecule has 1 aromatic carbocycles. The molecule has 1 heterocycles. The van der Waals surface area contributed by atoms with Crippen LogP contribution in [-0.2, 0) is 4.79 Å². The van der Waals surface area contributed by atoms with Crippen molar-refractivity contribution in [2.24, 2.45) is 0 Å². The maximum absolute atomic E-state index is 11.0. The van der Waals surface area contributed by atoms with Gasteiger partial charge in [0.1, 0.15) is 0 Å².